The van der Waals surface area contributed by atoms with Gasteiger partial charge in [0.1, 0.15) is 17.2 Å². The molecule has 144 valence electrons. The minimum absolute atomic E-state index is 0.0639. The number of ether oxygens (including phenoxy) is 3. The Labute approximate surface area is 161 Å². The maximum atomic E-state index is 12.5. The molecule has 0 amide bonds. The van der Waals surface area contributed by atoms with Crippen LogP contribution in [0.2, 0.25) is 0 Å². The SMILES string of the molecule is CCCc1cc(C=CC(=O)c2ccc(OC)cc2)c(OCC)cc1OCC. The lowest BCUT2D eigenvalue weighted by molar-refractivity contribution is 0.104. The molecule has 0 saturated carbocycles. The number of aryl methyl sites for hydroxylation is 1. The first-order valence-corrected chi connectivity index (χ1v) is 9.41. The van der Waals surface area contributed by atoms with E-state index in [0.29, 0.717) is 18.8 Å². The number of carbonyl (C=O) groups excluding carboxylic acids is 1. The van der Waals surface area contributed by atoms with Crippen molar-refractivity contribution in [3.05, 3.63) is 59.2 Å². The van der Waals surface area contributed by atoms with E-state index in [1.807, 2.05) is 26.0 Å². The number of ketones is 1. The van der Waals surface area contributed by atoms with Crippen molar-refractivity contribution in [2.45, 2.75) is 33.6 Å². The average molecular weight is 368 g/mol. The van der Waals surface area contributed by atoms with E-state index in [9.17, 15) is 4.79 Å². The van der Waals surface area contributed by atoms with Crippen molar-refractivity contribution in [3.63, 3.8) is 0 Å². The van der Waals surface area contributed by atoms with Gasteiger partial charge in [0.05, 0.1) is 20.3 Å². The smallest absolute Gasteiger partial charge is 0.185 e. The fraction of sp³-hybridized carbons (Fsp3) is 0.348. The Hall–Kier alpha value is -2.75. The summed E-state index contributed by atoms with van der Waals surface area (Å²) < 4.78 is 16.7. The number of hydrogen-bond donors (Lipinski definition) is 0. The van der Waals surface area contributed by atoms with Crippen LogP contribution in [0.15, 0.2) is 42.5 Å². The van der Waals surface area contributed by atoms with E-state index < -0.39 is 0 Å². The molecule has 0 aliphatic rings. The van der Waals surface area contributed by atoms with Crippen LogP contribution in [0.25, 0.3) is 6.08 Å². The largest absolute Gasteiger partial charge is 0.497 e. The Morgan fingerprint density at radius 2 is 1.63 bits per heavy atom. The second-order valence-corrected chi connectivity index (χ2v) is 6.04. The van der Waals surface area contributed by atoms with Crippen LogP contribution in [0.4, 0.5) is 0 Å². The van der Waals surface area contributed by atoms with Crippen LogP contribution in [0.5, 0.6) is 17.2 Å². The molecule has 0 saturated heterocycles. The van der Waals surface area contributed by atoms with Gasteiger partial charge < -0.3 is 14.2 Å². The van der Waals surface area contributed by atoms with Crippen molar-refractivity contribution < 1.29 is 19.0 Å². The van der Waals surface area contributed by atoms with Crippen LogP contribution in [0.1, 0.15) is 48.7 Å². The van der Waals surface area contributed by atoms with E-state index in [1.54, 1.807) is 37.5 Å². The molecule has 2 aromatic rings. The van der Waals surface area contributed by atoms with E-state index in [4.69, 9.17) is 14.2 Å². The molecule has 0 fully saturated rings. The number of benzene rings is 2. The van der Waals surface area contributed by atoms with Crippen molar-refractivity contribution >= 4 is 11.9 Å². The van der Waals surface area contributed by atoms with Gasteiger partial charge in [0.25, 0.3) is 0 Å². The van der Waals surface area contributed by atoms with Crippen molar-refractivity contribution in [2.75, 3.05) is 20.3 Å². The van der Waals surface area contributed by atoms with E-state index >= 15 is 0 Å². The van der Waals surface area contributed by atoms with Gasteiger partial charge in [-0.05, 0) is 68.3 Å². The number of methoxy groups -OCH3 is 1. The van der Waals surface area contributed by atoms with E-state index in [-0.39, 0.29) is 5.78 Å². The minimum atomic E-state index is -0.0639. The van der Waals surface area contributed by atoms with Gasteiger partial charge in [0, 0.05) is 17.2 Å². The molecule has 0 unspecified atom stereocenters. The Kier molecular flexibility index (Phi) is 7.93. The number of carbonyl (C=O) groups is 1. The van der Waals surface area contributed by atoms with Crippen LogP contribution < -0.4 is 14.2 Å². The molecule has 2 rings (SSSR count). The van der Waals surface area contributed by atoms with Gasteiger partial charge in [-0.3, -0.25) is 4.79 Å². The van der Waals surface area contributed by atoms with Crippen LogP contribution in [-0.4, -0.2) is 26.1 Å². The monoisotopic (exact) mass is 368 g/mol. The Morgan fingerprint density at radius 1 is 0.963 bits per heavy atom. The van der Waals surface area contributed by atoms with Gasteiger partial charge in [-0.15, -0.1) is 0 Å². The summed E-state index contributed by atoms with van der Waals surface area (Å²) in [4.78, 5) is 12.5. The Balaban J connectivity index is 2.32. The van der Waals surface area contributed by atoms with Gasteiger partial charge in [-0.2, -0.15) is 0 Å². The van der Waals surface area contributed by atoms with Crippen molar-refractivity contribution in [1.29, 1.82) is 0 Å². The topological polar surface area (TPSA) is 44.8 Å². The zero-order valence-corrected chi connectivity index (χ0v) is 16.6. The summed E-state index contributed by atoms with van der Waals surface area (Å²) in [7, 11) is 1.60. The summed E-state index contributed by atoms with van der Waals surface area (Å²) in [5.41, 5.74) is 2.62. The van der Waals surface area contributed by atoms with Gasteiger partial charge in [-0.25, -0.2) is 0 Å². The second kappa shape index (κ2) is 10.4. The molecule has 2 aromatic carbocycles. The summed E-state index contributed by atoms with van der Waals surface area (Å²) >= 11 is 0. The number of hydrogen-bond acceptors (Lipinski definition) is 4. The van der Waals surface area contributed by atoms with Gasteiger partial charge >= 0.3 is 0 Å². The lowest BCUT2D eigenvalue weighted by Gasteiger charge is -2.15. The predicted octanol–water partition coefficient (Wildman–Crippen LogP) is 5.34. The summed E-state index contributed by atoms with van der Waals surface area (Å²) in [6.45, 7) is 7.20. The normalized spacial score (nSPS) is 10.8. The van der Waals surface area contributed by atoms with Gasteiger partial charge in [0.15, 0.2) is 5.78 Å². The molecule has 4 nitrogen and oxygen atoms in total. The standard InChI is InChI=1S/C23H28O4/c1-5-8-18-15-19(23(27-7-3)16-22(18)26-6-2)11-14-21(24)17-9-12-20(25-4)13-10-17/h9-16H,5-8H2,1-4H3. The molecule has 4 heteroatoms. The van der Waals surface area contributed by atoms with Crippen molar-refractivity contribution in [3.8, 4) is 17.2 Å². The Bertz CT molecular complexity index is 776. The summed E-state index contributed by atoms with van der Waals surface area (Å²) in [6.07, 6.45) is 5.32. The lowest BCUT2D eigenvalue weighted by atomic mass is 10.0. The second-order valence-electron chi connectivity index (χ2n) is 6.04. The first kappa shape index (κ1) is 20.6. The summed E-state index contributed by atoms with van der Waals surface area (Å²) in [5.74, 6) is 2.23. The highest BCUT2D eigenvalue weighted by Gasteiger charge is 2.11. The molecule has 0 aliphatic heterocycles. The molecule has 0 aliphatic carbocycles. The fourth-order valence-corrected chi connectivity index (χ4v) is 2.81. The molecule has 0 bridgehead atoms. The molecular formula is C23H28O4. The molecule has 27 heavy (non-hydrogen) atoms. The minimum Gasteiger partial charge on any atom is -0.497 e. The summed E-state index contributed by atoms with van der Waals surface area (Å²) in [5, 5.41) is 0. The van der Waals surface area contributed by atoms with Crippen LogP contribution >= 0.6 is 0 Å². The third-order valence-electron chi connectivity index (χ3n) is 4.10. The lowest BCUT2D eigenvalue weighted by Crippen LogP contribution is -2.01. The van der Waals surface area contributed by atoms with Crippen LogP contribution in [0.3, 0.4) is 0 Å². The molecule has 0 aromatic heterocycles. The molecule has 0 atom stereocenters. The third-order valence-corrected chi connectivity index (χ3v) is 4.10. The molecular weight excluding hydrogens is 340 g/mol. The first-order chi connectivity index (χ1) is 13.1. The summed E-state index contributed by atoms with van der Waals surface area (Å²) in [6, 6.07) is 11.1. The highest BCUT2D eigenvalue weighted by molar-refractivity contribution is 6.07. The van der Waals surface area contributed by atoms with Crippen LogP contribution in [0, 0.1) is 0 Å². The third kappa shape index (κ3) is 5.61. The quantitative estimate of drug-likeness (QED) is 0.419. The fourth-order valence-electron chi connectivity index (χ4n) is 2.81. The number of allylic oxidation sites excluding steroid dienone is 1. The number of rotatable bonds is 10. The van der Waals surface area contributed by atoms with Crippen molar-refractivity contribution in [2.24, 2.45) is 0 Å². The van der Waals surface area contributed by atoms with Crippen molar-refractivity contribution in [1.82, 2.24) is 0 Å². The van der Waals surface area contributed by atoms with Gasteiger partial charge in [-0.1, -0.05) is 13.3 Å². The first-order valence-electron chi connectivity index (χ1n) is 9.41. The average Bonchev–Trinajstić information content (AvgIpc) is 2.69. The molecule has 0 radical (unpaired) electrons. The van der Waals surface area contributed by atoms with E-state index in [0.717, 1.165) is 41.2 Å². The van der Waals surface area contributed by atoms with Gasteiger partial charge in [0.2, 0.25) is 0 Å². The van der Waals surface area contributed by atoms with Crippen LogP contribution in [-0.2, 0) is 6.42 Å². The van der Waals surface area contributed by atoms with E-state index in [1.165, 1.54) is 0 Å². The zero-order valence-electron chi connectivity index (χ0n) is 16.6. The maximum absolute atomic E-state index is 12.5. The maximum Gasteiger partial charge on any atom is 0.185 e. The molecule has 0 N–H and O–H groups in total. The molecule has 0 spiro atoms. The predicted molar refractivity (Wildman–Crippen MR) is 109 cm³/mol. The van der Waals surface area contributed by atoms with E-state index in [2.05, 4.69) is 13.0 Å². The highest BCUT2D eigenvalue weighted by Crippen LogP contribution is 2.31. The highest BCUT2D eigenvalue weighted by atomic mass is 16.5. The Morgan fingerprint density at radius 3 is 2.22 bits per heavy atom. The zero-order chi connectivity index (χ0) is 19.6. The molecule has 0 heterocycles.